The lowest BCUT2D eigenvalue weighted by molar-refractivity contribution is 1.18. The van der Waals surface area contributed by atoms with E-state index in [1.165, 1.54) is 6.33 Å². The maximum Gasteiger partial charge on any atom is 0.146 e. The number of hydrogen-bond acceptors (Lipinski definition) is 3. The van der Waals surface area contributed by atoms with Gasteiger partial charge in [0.25, 0.3) is 0 Å². The average molecular weight is 275 g/mol. The topological polar surface area (TPSA) is 51.8 Å². The second-order valence-corrected chi connectivity index (χ2v) is 4.27. The van der Waals surface area contributed by atoms with Crippen molar-refractivity contribution in [3.63, 3.8) is 0 Å². The van der Waals surface area contributed by atoms with Gasteiger partial charge in [-0.05, 0) is 18.2 Å². The Bertz CT molecular complexity index is 543. The Morgan fingerprint density at radius 1 is 1.06 bits per heavy atom. The van der Waals surface area contributed by atoms with Crippen LogP contribution in [-0.2, 0) is 0 Å². The van der Waals surface area contributed by atoms with E-state index >= 15 is 0 Å². The van der Waals surface area contributed by atoms with E-state index in [1.54, 1.807) is 18.2 Å². The molecule has 2 rings (SSSR count). The number of halogens is 3. The molecule has 0 amide bonds. The molecule has 0 saturated heterocycles. The van der Waals surface area contributed by atoms with Gasteiger partial charge in [-0.3, -0.25) is 0 Å². The van der Waals surface area contributed by atoms with Gasteiger partial charge in [-0.25, -0.2) is 9.97 Å². The summed E-state index contributed by atoms with van der Waals surface area (Å²) in [5.74, 6) is 0.211. The first kappa shape index (κ1) is 11.5. The van der Waals surface area contributed by atoms with Crippen molar-refractivity contribution in [2.45, 2.75) is 0 Å². The smallest absolute Gasteiger partial charge is 0.146 e. The molecule has 2 N–H and O–H groups in total. The number of nitrogen functional groups attached to an aromatic ring is 1. The molecule has 0 spiro atoms. The van der Waals surface area contributed by atoms with Crippen LogP contribution in [0.2, 0.25) is 15.1 Å². The Kier molecular flexibility index (Phi) is 3.19. The van der Waals surface area contributed by atoms with E-state index in [9.17, 15) is 0 Å². The summed E-state index contributed by atoms with van der Waals surface area (Å²) in [6, 6.07) is 5.04. The molecule has 16 heavy (non-hydrogen) atoms. The van der Waals surface area contributed by atoms with Gasteiger partial charge in [0.1, 0.15) is 17.2 Å². The van der Waals surface area contributed by atoms with Crippen LogP contribution in [0.25, 0.3) is 11.3 Å². The molecule has 1 aromatic carbocycles. The second kappa shape index (κ2) is 4.45. The number of nitrogens with zero attached hydrogens (tertiary/aromatic N) is 2. The quantitative estimate of drug-likeness (QED) is 0.863. The first-order valence-corrected chi connectivity index (χ1v) is 5.44. The fourth-order valence-electron chi connectivity index (χ4n) is 1.25. The van der Waals surface area contributed by atoms with E-state index in [0.717, 1.165) is 0 Å². The molecule has 2 aromatic rings. The van der Waals surface area contributed by atoms with Gasteiger partial charge in [0, 0.05) is 10.6 Å². The summed E-state index contributed by atoms with van der Waals surface area (Å²) in [6.07, 6.45) is 1.33. The molecule has 82 valence electrons. The first-order chi connectivity index (χ1) is 7.59. The molecule has 6 heteroatoms. The van der Waals surface area contributed by atoms with Gasteiger partial charge < -0.3 is 5.73 Å². The number of benzene rings is 1. The fraction of sp³-hybridized carbons (Fsp3) is 0. The average Bonchev–Trinajstić information content (AvgIpc) is 2.26. The summed E-state index contributed by atoms with van der Waals surface area (Å²) in [5, 5.41) is 1.32. The van der Waals surface area contributed by atoms with Crippen LogP contribution in [0.4, 0.5) is 5.82 Å². The van der Waals surface area contributed by atoms with Crippen LogP contribution in [0.1, 0.15) is 0 Å². The Labute approximate surface area is 107 Å². The van der Waals surface area contributed by atoms with E-state index < -0.39 is 0 Å². The minimum absolute atomic E-state index is 0.211. The number of aromatic nitrogens is 2. The zero-order valence-corrected chi connectivity index (χ0v) is 10.2. The van der Waals surface area contributed by atoms with Gasteiger partial charge in [0.2, 0.25) is 0 Å². The molecule has 0 saturated carbocycles. The van der Waals surface area contributed by atoms with Gasteiger partial charge in [0.15, 0.2) is 0 Å². The van der Waals surface area contributed by atoms with Crippen LogP contribution in [0.15, 0.2) is 24.5 Å². The van der Waals surface area contributed by atoms with E-state index in [2.05, 4.69) is 9.97 Å². The maximum atomic E-state index is 6.04. The maximum absolute atomic E-state index is 6.04. The van der Waals surface area contributed by atoms with Crippen LogP contribution in [0.5, 0.6) is 0 Å². The fourth-order valence-corrected chi connectivity index (χ4v) is 1.83. The van der Waals surface area contributed by atoms with Crippen LogP contribution in [-0.4, -0.2) is 9.97 Å². The van der Waals surface area contributed by atoms with Gasteiger partial charge in [-0.1, -0.05) is 34.8 Å². The summed E-state index contributed by atoms with van der Waals surface area (Å²) in [5.41, 5.74) is 6.69. The first-order valence-electron chi connectivity index (χ1n) is 4.31. The lowest BCUT2D eigenvalue weighted by Gasteiger charge is -2.07. The van der Waals surface area contributed by atoms with E-state index in [4.69, 9.17) is 40.5 Å². The van der Waals surface area contributed by atoms with Gasteiger partial charge in [0.05, 0.1) is 10.7 Å². The van der Waals surface area contributed by atoms with Gasteiger partial charge in [-0.15, -0.1) is 0 Å². The normalized spacial score (nSPS) is 10.4. The third-order valence-electron chi connectivity index (χ3n) is 2.00. The van der Waals surface area contributed by atoms with E-state index in [1.807, 2.05) is 0 Å². The highest BCUT2D eigenvalue weighted by Gasteiger charge is 2.12. The number of rotatable bonds is 1. The van der Waals surface area contributed by atoms with Crippen molar-refractivity contribution in [2.75, 3.05) is 5.73 Å². The Hall–Kier alpha value is -1.03. The lowest BCUT2D eigenvalue weighted by atomic mass is 10.1. The van der Waals surface area contributed by atoms with Crippen molar-refractivity contribution in [3.05, 3.63) is 39.6 Å². The monoisotopic (exact) mass is 273 g/mol. The molecule has 0 aliphatic carbocycles. The highest BCUT2D eigenvalue weighted by Crippen LogP contribution is 2.34. The number of anilines is 1. The van der Waals surface area contributed by atoms with Gasteiger partial charge >= 0.3 is 0 Å². The van der Waals surface area contributed by atoms with Crippen molar-refractivity contribution in [1.82, 2.24) is 9.97 Å². The van der Waals surface area contributed by atoms with Crippen molar-refractivity contribution >= 4 is 40.6 Å². The van der Waals surface area contributed by atoms with E-state index in [0.29, 0.717) is 21.3 Å². The van der Waals surface area contributed by atoms with Crippen molar-refractivity contribution in [2.24, 2.45) is 0 Å². The predicted octanol–water partition coefficient (Wildman–Crippen LogP) is 3.69. The third kappa shape index (κ3) is 2.07. The summed E-state index contributed by atoms with van der Waals surface area (Å²) in [6.45, 7) is 0. The molecule has 0 aliphatic heterocycles. The Morgan fingerprint density at radius 3 is 2.56 bits per heavy atom. The molecular weight excluding hydrogens is 268 g/mol. The largest absolute Gasteiger partial charge is 0.382 e. The van der Waals surface area contributed by atoms with Gasteiger partial charge in [-0.2, -0.15) is 0 Å². The summed E-state index contributed by atoms with van der Waals surface area (Å²) >= 11 is 17.9. The SMILES string of the molecule is Nc1ncnc(-c2cc(Cl)ccc2Cl)c1Cl. The van der Waals surface area contributed by atoms with Crippen LogP contribution in [0, 0.1) is 0 Å². The number of nitrogens with two attached hydrogens (primary N) is 1. The molecule has 3 nitrogen and oxygen atoms in total. The Balaban J connectivity index is 2.67. The minimum atomic E-state index is 0.211. The zero-order valence-electron chi connectivity index (χ0n) is 7.92. The summed E-state index contributed by atoms with van der Waals surface area (Å²) in [7, 11) is 0. The second-order valence-electron chi connectivity index (χ2n) is 3.05. The minimum Gasteiger partial charge on any atom is -0.382 e. The molecule has 0 bridgehead atoms. The lowest BCUT2D eigenvalue weighted by Crippen LogP contribution is -1.95. The molecule has 0 fully saturated rings. The predicted molar refractivity (Wildman–Crippen MR) is 66.9 cm³/mol. The molecule has 1 heterocycles. The Morgan fingerprint density at radius 2 is 1.81 bits per heavy atom. The molecule has 1 aromatic heterocycles. The van der Waals surface area contributed by atoms with Crippen LogP contribution < -0.4 is 5.73 Å². The van der Waals surface area contributed by atoms with Crippen LogP contribution >= 0.6 is 34.8 Å². The van der Waals surface area contributed by atoms with Crippen LogP contribution in [0.3, 0.4) is 0 Å². The van der Waals surface area contributed by atoms with Crippen molar-refractivity contribution in [3.8, 4) is 11.3 Å². The highest BCUT2D eigenvalue weighted by atomic mass is 35.5. The molecule has 0 unspecified atom stereocenters. The zero-order chi connectivity index (χ0) is 11.7. The number of hydrogen-bond donors (Lipinski definition) is 1. The molecule has 0 atom stereocenters. The van der Waals surface area contributed by atoms with E-state index in [-0.39, 0.29) is 10.8 Å². The highest BCUT2D eigenvalue weighted by molar-refractivity contribution is 6.38. The van der Waals surface area contributed by atoms with Crippen molar-refractivity contribution in [1.29, 1.82) is 0 Å². The van der Waals surface area contributed by atoms with Crippen molar-refractivity contribution < 1.29 is 0 Å². The standard InChI is InChI=1S/C10H6Cl3N3/c11-5-1-2-7(12)6(3-5)9-8(13)10(14)16-4-15-9/h1-4H,(H2,14,15,16). The molecular formula is C10H6Cl3N3. The molecule has 0 aliphatic rings. The molecule has 0 radical (unpaired) electrons. The summed E-state index contributed by atoms with van der Waals surface area (Å²) < 4.78 is 0. The summed E-state index contributed by atoms with van der Waals surface area (Å²) in [4.78, 5) is 7.82. The third-order valence-corrected chi connectivity index (χ3v) is 2.94.